The van der Waals surface area contributed by atoms with Gasteiger partial charge in [-0.3, -0.25) is 0 Å². The molecule has 2 atom stereocenters. The van der Waals surface area contributed by atoms with Gasteiger partial charge in [-0.05, 0) is 23.3 Å². The van der Waals surface area contributed by atoms with Crippen LogP contribution < -0.4 is 0 Å². The predicted molar refractivity (Wildman–Crippen MR) is 31.9 cm³/mol. The Kier molecular flexibility index (Phi) is 0.276. The molecule has 7 heavy (non-hydrogen) atoms. The van der Waals surface area contributed by atoms with Crippen LogP contribution in [0.15, 0.2) is 0 Å². The lowest BCUT2D eigenvalue weighted by Gasteiger charge is -1.89. The molecule has 2 aliphatic heterocycles. The van der Waals surface area contributed by atoms with E-state index in [1.54, 1.807) is 0 Å². The lowest BCUT2D eigenvalue weighted by atomic mass is 10.2. The van der Waals surface area contributed by atoms with Gasteiger partial charge in [-0.25, -0.2) is 0 Å². The molecule has 36 valence electrons. The molecular formula is C6H8Si. The van der Waals surface area contributed by atoms with Crippen LogP contribution in [-0.4, -0.2) is 14.1 Å². The molecule has 0 aromatic heterocycles. The molecule has 2 fully saturated rings. The van der Waals surface area contributed by atoms with E-state index in [1.807, 2.05) is 0 Å². The molecule has 0 nitrogen and oxygen atoms in total. The van der Waals surface area contributed by atoms with E-state index < -0.39 is 0 Å². The molecular weight excluding hydrogens is 100 g/mol. The maximum atomic E-state index is 2.66. The van der Waals surface area contributed by atoms with Crippen LogP contribution in [0.5, 0.6) is 0 Å². The Labute approximate surface area is 44.8 Å². The van der Waals surface area contributed by atoms with Gasteiger partial charge in [-0.15, -0.1) is 0 Å². The van der Waals surface area contributed by atoms with E-state index >= 15 is 0 Å². The van der Waals surface area contributed by atoms with Gasteiger partial charge in [0.15, 0.2) is 0 Å². The first-order chi connectivity index (χ1) is 3.39. The second-order valence-corrected chi connectivity index (χ2v) is 5.66. The fourth-order valence-electron chi connectivity index (χ4n) is 2.32. The quantitative estimate of drug-likeness (QED) is 0.402. The van der Waals surface area contributed by atoms with Crippen molar-refractivity contribution in [2.45, 2.75) is 12.1 Å². The smallest absolute Gasteiger partial charge is 0.00625 e. The maximum Gasteiger partial charge on any atom is 0.00625 e. The summed E-state index contributed by atoms with van der Waals surface area (Å²) in [5, 5.41) is 0. The van der Waals surface area contributed by atoms with E-state index in [1.165, 1.54) is 23.3 Å². The topological polar surface area (TPSA) is 0 Å². The second-order valence-electron chi connectivity index (χ2n) is 3.17. The molecule has 2 heterocycles. The highest BCUT2D eigenvalue weighted by Crippen LogP contribution is 2.80. The van der Waals surface area contributed by atoms with Crippen molar-refractivity contribution < 1.29 is 0 Å². The second kappa shape index (κ2) is 0.609. The first kappa shape index (κ1) is 3.18. The number of hydrogen-bond acceptors (Lipinski definition) is 0. The fourth-order valence-corrected chi connectivity index (χ4v) is 5.59. The molecule has 0 radical (unpaired) electrons. The van der Waals surface area contributed by atoms with E-state index in [0.29, 0.717) is 0 Å². The van der Waals surface area contributed by atoms with Crippen LogP contribution >= 0.6 is 0 Å². The lowest BCUT2D eigenvalue weighted by molar-refractivity contribution is 0.820. The van der Waals surface area contributed by atoms with Crippen LogP contribution in [0.4, 0.5) is 0 Å². The van der Waals surface area contributed by atoms with Crippen molar-refractivity contribution in [2.75, 3.05) is 0 Å². The molecule has 2 unspecified atom stereocenters. The molecule has 2 bridgehead atoms. The van der Waals surface area contributed by atoms with Crippen molar-refractivity contribution in [1.82, 2.24) is 0 Å². The van der Waals surface area contributed by atoms with Crippen molar-refractivity contribution >= 4 is 14.1 Å². The standard InChI is InChI=1S/C6H8Si/c1-7-2-3-4-5(3)6(4)7/h2-6H,1H3. The Morgan fingerprint density at radius 3 is 2.29 bits per heavy atom. The molecule has 0 N–H and O–H groups in total. The molecule has 1 heteroatoms. The van der Waals surface area contributed by atoms with Gasteiger partial charge < -0.3 is 0 Å². The van der Waals surface area contributed by atoms with E-state index in [-0.39, 0.29) is 8.41 Å². The van der Waals surface area contributed by atoms with Crippen molar-refractivity contribution in [3.8, 4) is 0 Å². The first-order valence-corrected chi connectivity index (χ1v) is 5.23. The zero-order valence-corrected chi connectivity index (χ0v) is 5.39. The van der Waals surface area contributed by atoms with Gasteiger partial charge >= 0.3 is 0 Å². The third-order valence-corrected chi connectivity index (χ3v) is 5.59. The van der Waals surface area contributed by atoms with Crippen LogP contribution in [0.1, 0.15) is 0 Å². The van der Waals surface area contributed by atoms with Gasteiger partial charge in [0.25, 0.3) is 0 Å². The van der Waals surface area contributed by atoms with Crippen LogP contribution in [0.2, 0.25) is 12.1 Å². The molecule has 2 aliphatic carbocycles. The summed E-state index contributed by atoms with van der Waals surface area (Å²) >= 11 is 0. The summed E-state index contributed by atoms with van der Waals surface area (Å²) in [5.74, 6) is 3.70. The fraction of sp³-hybridized carbons (Fsp3) is 0.833. The minimum absolute atomic E-state index is 0.151. The third kappa shape index (κ3) is 0.175. The lowest BCUT2D eigenvalue weighted by Crippen LogP contribution is -1.89. The van der Waals surface area contributed by atoms with E-state index in [9.17, 15) is 0 Å². The summed E-state index contributed by atoms with van der Waals surface area (Å²) < 4.78 is 0. The van der Waals surface area contributed by atoms with Gasteiger partial charge in [0.2, 0.25) is 0 Å². The van der Waals surface area contributed by atoms with Crippen LogP contribution in [0.3, 0.4) is 0 Å². The molecule has 0 amide bonds. The van der Waals surface area contributed by atoms with Crippen molar-refractivity contribution in [1.29, 1.82) is 0 Å². The van der Waals surface area contributed by atoms with Gasteiger partial charge in [-0.1, -0.05) is 12.2 Å². The zero-order chi connectivity index (χ0) is 4.59. The van der Waals surface area contributed by atoms with Gasteiger partial charge in [0.1, 0.15) is 0 Å². The average Bonchev–Trinajstić information content (AvgIpc) is 2.41. The predicted octanol–water partition coefficient (Wildman–Crippen LogP) is 0.754. The summed E-state index contributed by atoms with van der Waals surface area (Å²) in [6.45, 7) is 2.47. The van der Waals surface area contributed by atoms with Crippen molar-refractivity contribution in [3.63, 3.8) is 0 Å². The third-order valence-electron chi connectivity index (χ3n) is 2.86. The van der Waals surface area contributed by atoms with Crippen molar-refractivity contribution in [2.24, 2.45) is 17.8 Å². The Morgan fingerprint density at radius 1 is 1.43 bits per heavy atom. The monoisotopic (exact) mass is 108 g/mol. The summed E-state index contributed by atoms with van der Waals surface area (Å²) in [5.41, 5.74) is 3.94. The van der Waals surface area contributed by atoms with Crippen molar-refractivity contribution in [3.05, 3.63) is 0 Å². The zero-order valence-electron chi connectivity index (χ0n) is 4.39. The molecule has 0 aromatic rings. The average molecular weight is 108 g/mol. The van der Waals surface area contributed by atoms with Gasteiger partial charge in [0, 0.05) is 8.41 Å². The van der Waals surface area contributed by atoms with E-state index in [0.717, 1.165) is 0 Å². The van der Waals surface area contributed by atoms with E-state index in [4.69, 9.17) is 0 Å². The minimum atomic E-state index is 0.151. The number of hydrogen-bond donors (Lipinski definition) is 0. The SMILES string of the molecule is C[Si]1=CC2C3C2C31. The molecule has 0 aromatic carbocycles. The Balaban J connectivity index is 2.21. The largest absolute Gasteiger partial charge is 0.1000 e. The molecule has 0 spiro atoms. The van der Waals surface area contributed by atoms with Gasteiger partial charge in [0.05, 0.1) is 0 Å². The highest BCUT2D eigenvalue weighted by Gasteiger charge is 2.75. The number of rotatable bonds is 0. The van der Waals surface area contributed by atoms with E-state index in [2.05, 4.69) is 12.2 Å². The minimum Gasteiger partial charge on any atom is -0.1000 e. The molecule has 4 aliphatic rings. The molecule has 4 rings (SSSR count). The summed E-state index contributed by atoms with van der Waals surface area (Å²) in [4.78, 5) is 0. The van der Waals surface area contributed by atoms with Gasteiger partial charge in [-0.2, -0.15) is 0 Å². The summed E-state index contributed by atoms with van der Waals surface area (Å²) in [6, 6.07) is 0. The summed E-state index contributed by atoms with van der Waals surface area (Å²) in [7, 11) is 0.151. The van der Waals surface area contributed by atoms with Crippen LogP contribution in [0, 0.1) is 17.8 Å². The molecule has 0 saturated heterocycles. The normalized spacial score (nSPS) is 69.6. The summed E-state index contributed by atoms with van der Waals surface area (Å²) in [6.07, 6.45) is 0. The van der Waals surface area contributed by atoms with Crippen LogP contribution in [-0.2, 0) is 0 Å². The van der Waals surface area contributed by atoms with Crippen LogP contribution in [0.25, 0.3) is 0 Å². The maximum absolute atomic E-state index is 2.66. The highest BCUT2D eigenvalue weighted by atomic mass is 28.2. The Morgan fingerprint density at radius 2 is 2.14 bits per heavy atom. The Hall–Kier alpha value is 0.0869. The highest BCUT2D eigenvalue weighted by molar-refractivity contribution is 6.71. The first-order valence-electron chi connectivity index (χ1n) is 3.08. The Bertz CT molecular complexity index is 161. The molecule has 2 saturated carbocycles.